The monoisotopic (exact) mass is 302 g/mol. The van der Waals surface area contributed by atoms with Crippen LogP contribution in [0.4, 0.5) is 0 Å². The van der Waals surface area contributed by atoms with Crippen LogP contribution < -0.4 is 0 Å². The van der Waals surface area contributed by atoms with Crippen LogP contribution in [0.25, 0.3) is 53.9 Å². The van der Waals surface area contributed by atoms with Crippen molar-refractivity contribution >= 4 is 53.9 Å². The van der Waals surface area contributed by atoms with Gasteiger partial charge in [0.05, 0.1) is 0 Å². The van der Waals surface area contributed by atoms with Crippen molar-refractivity contribution in [1.29, 1.82) is 0 Å². The molecule has 0 spiro atoms. The second kappa shape index (κ2) is 4.24. The van der Waals surface area contributed by atoms with Crippen molar-refractivity contribution in [3.8, 4) is 0 Å². The highest BCUT2D eigenvalue weighted by Gasteiger charge is 2.11. The molecule has 0 unspecified atom stereocenters. The minimum atomic E-state index is 1.30. The maximum Gasteiger partial charge on any atom is -0.00203 e. The van der Waals surface area contributed by atoms with Crippen molar-refractivity contribution in [1.82, 2.24) is 0 Å². The lowest BCUT2D eigenvalue weighted by Gasteiger charge is -2.13. The van der Waals surface area contributed by atoms with Crippen molar-refractivity contribution in [2.75, 3.05) is 0 Å². The maximum absolute atomic E-state index is 2.34. The summed E-state index contributed by atoms with van der Waals surface area (Å²) in [6.07, 6.45) is 0. The predicted molar refractivity (Wildman–Crippen MR) is 105 cm³/mol. The highest BCUT2D eigenvalue weighted by molar-refractivity contribution is 6.29. The molecule has 0 saturated carbocycles. The third kappa shape index (κ3) is 1.48. The normalized spacial score (nSPS) is 12.2. The summed E-state index contributed by atoms with van der Waals surface area (Å²) < 4.78 is 0. The first-order chi connectivity index (χ1) is 11.9. The van der Waals surface area contributed by atoms with E-state index >= 15 is 0 Å². The predicted octanol–water partition coefficient (Wildman–Crippen LogP) is 6.89. The van der Waals surface area contributed by atoms with Crippen molar-refractivity contribution in [2.45, 2.75) is 0 Å². The zero-order valence-corrected chi connectivity index (χ0v) is 13.1. The Hall–Kier alpha value is -3.12. The Labute approximate surface area is 139 Å². The Balaban J connectivity index is 1.95. The largest absolute Gasteiger partial charge is 0.0616 e. The Kier molecular flexibility index (Phi) is 2.18. The summed E-state index contributed by atoms with van der Waals surface area (Å²) in [5, 5.41) is 13.4. The van der Waals surface area contributed by atoms with Crippen LogP contribution in [-0.2, 0) is 0 Å². The molecule has 0 N–H and O–H groups in total. The van der Waals surface area contributed by atoms with E-state index < -0.39 is 0 Å². The SMILES string of the molecule is c1ccc2cc3c(cc2c1)cc1ccc2cccc4ccc3c1c24. The molecular weight excluding hydrogens is 288 g/mol. The summed E-state index contributed by atoms with van der Waals surface area (Å²) in [5.41, 5.74) is 0. The lowest BCUT2D eigenvalue weighted by atomic mass is 9.90. The summed E-state index contributed by atoms with van der Waals surface area (Å²) in [7, 11) is 0. The van der Waals surface area contributed by atoms with E-state index in [1.165, 1.54) is 53.9 Å². The third-order valence-corrected chi connectivity index (χ3v) is 5.33. The van der Waals surface area contributed by atoms with E-state index in [9.17, 15) is 0 Å². The van der Waals surface area contributed by atoms with Crippen molar-refractivity contribution in [2.24, 2.45) is 0 Å². The highest BCUT2D eigenvalue weighted by Crippen LogP contribution is 2.39. The van der Waals surface area contributed by atoms with Gasteiger partial charge in [0.15, 0.2) is 0 Å². The summed E-state index contributed by atoms with van der Waals surface area (Å²) in [6, 6.07) is 31.3. The molecule has 0 saturated heterocycles. The Morgan fingerprint density at radius 1 is 0.333 bits per heavy atom. The lowest BCUT2D eigenvalue weighted by molar-refractivity contribution is 1.78. The Bertz CT molecular complexity index is 1370. The topological polar surface area (TPSA) is 0 Å². The van der Waals surface area contributed by atoms with Gasteiger partial charge in [-0.2, -0.15) is 0 Å². The number of hydrogen-bond donors (Lipinski definition) is 0. The number of benzene rings is 6. The second-order valence-corrected chi connectivity index (χ2v) is 6.65. The average molecular weight is 302 g/mol. The second-order valence-electron chi connectivity index (χ2n) is 6.65. The lowest BCUT2D eigenvalue weighted by Crippen LogP contribution is -1.86. The molecule has 6 aromatic carbocycles. The van der Waals surface area contributed by atoms with Gasteiger partial charge in [-0.1, -0.05) is 66.7 Å². The first kappa shape index (κ1) is 12.3. The fraction of sp³-hybridized carbons (Fsp3) is 0. The van der Waals surface area contributed by atoms with Gasteiger partial charge in [-0.15, -0.1) is 0 Å². The summed E-state index contributed by atoms with van der Waals surface area (Å²) >= 11 is 0. The molecule has 6 aromatic rings. The van der Waals surface area contributed by atoms with Gasteiger partial charge in [0.2, 0.25) is 0 Å². The van der Waals surface area contributed by atoms with Gasteiger partial charge >= 0.3 is 0 Å². The van der Waals surface area contributed by atoms with E-state index in [1.54, 1.807) is 0 Å². The number of hydrogen-bond acceptors (Lipinski definition) is 0. The summed E-state index contributed by atoms with van der Waals surface area (Å²) in [5.74, 6) is 0. The summed E-state index contributed by atoms with van der Waals surface area (Å²) in [4.78, 5) is 0. The van der Waals surface area contributed by atoms with Crippen LogP contribution >= 0.6 is 0 Å². The molecule has 0 nitrogen and oxygen atoms in total. The molecule has 0 heterocycles. The van der Waals surface area contributed by atoms with Crippen molar-refractivity contribution < 1.29 is 0 Å². The Morgan fingerprint density at radius 3 is 1.79 bits per heavy atom. The van der Waals surface area contributed by atoms with Gasteiger partial charge < -0.3 is 0 Å². The zero-order chi connectivity index (χ0) is 15.7. The molecule has 0 aromatic heterocycles. The minimum absolute atomic E-state index is 1.30. The smallest absolute Gasteiger partial charge is 0.00203 e. The number of fused-ring (bicyclic) bond motifs is 3. The molecular formula is C24H14. The van der Waals surface area contributed by atoms with E-state index in [2.05, 4.69) is 84.9 Å². The van der Waals surface area contributed by atoms with Crippen LogP contribution in [0, 0.1) is 0 Å². The van der Waals surface area contributed by atoms with Gasteiger partial charge in [0.1, 0.15) is 0 Å². The molecule has 0 aliphatic rings. The van der Waals surface area contributed by atoms with E-state index in [4.69, 9.17) is 0 Å². The standard InChI is InChI=1S/C24H14/c1-2-5-18-14-22-20(12-17(18)4-1)13-19-9-8-15-6-3-7-16-10-11-21(22)24(19)23(15)16/h1-14H. The maximum atomic E-state index is 2.34. The first-order valence-electron chi connectivity index (χ1n) is 8.37. The molecule has 24 heavy (non-hydrogen) atoms. The average Bonchev–Trinajstić information content (AvgIpc) is 2.64. The molecule has 0 aliphatic carbocycles. The Morgan fingerprint density at radius 2 is 0.958 bits per heavy atom. The van der Waals surface area contributed by atoms with Crippen LogP contribution in [0.5, 0.6) is 0 Å². The molecule has 0 fully saturated rings. The minimum Gasteiger partial charge on any atom is -0.0616 e. The van der Waals surface area contributed by atoms with Gasteiger partial charge in [-0.05, 0) is 72.1 Å². The third-order valence-electron chi connectivity index (χ3n) is 5.33. The van der Waals surface area contributed by atoms with E-state index in [0.29, 0.717) is 0 Å². The van der Waals surface area contributed by atoms with E-state index in [-0.39, 0.29) is 0 Å². The van der Waals surface area contributed by atoms with Gasteiger partial charge in [-0.25, -0.2) is 0 Å². The summed E-state index contributed by atoms with van der Waals surface area (Å²) in [6.45, 7) is 0. The van der Waals surface area contributed by atoms with Crippen molar-refractivity contribution in [3.05, 3.63) is 84.9 Å². The van der Waals surface area contributed by atoms with Crippen LogP contribution in [0.2, 0.25) is 0 Å². The van der Waals surface area contributed by atoms with Crippen LogP contribution in [0.15, 0.2) is 84.9 Å². The van der Waals surface area contributed by atoms with Gasteiger partial charge in [0.25, 0.3) is 0 Å². The molecule has 0 amide bonds. The van der Waals surface area contributed by atoms with Crippen LogP contribution in [0.3, 0.4) is 0 Å². The molecule has 6 rings (SSSR count). The molecule has 0 aliphatic heterocycles. The van der Waals surface area contributed by atoms with Crippen LogP contribution in [-0.4, -0.2) is 0 Å². The quantitative estimate of drug-likeness (QED) is 0.212. The van der Waals surface area contributed by atoms with Crippen molar-refractivity contribution in [3.63, 3.8) is 0 Å². The number of rotatable bonds is 0. The molecule has 0 atom stereocenters. The molecule has 0 bridgehead atoms. The first-order valence-corrected chi connectivity index (χ1v) is 8.37. The highest BCUT2D eigenvalue weighted by atomic mass is 14.1. The van der Waals surface area contributed by atoms with Gasteiger partial charge in [-0.3, -0.25) is 0 Å². The zero-order valence-electron chi connectivity index (χ0n) is 13.1. The van der Waals surface area contributed by atoms with Gasteiger partial charge in [0, 0.05) is 0 Å². The fourth-order valence-corrected chi connectivity index (χ4v) is 4.23. The molecule has 110 valence electrons. The van der Waals surface area contributed by atoms with E-state index in [0.717, 1.165) is 0 Å². The fourth-order valence-electron chi connectivity index (χ4n) is 4.23. The molecule has 0 radical (unpaired) electrons. The molecule has 0 heteroatoms. The van der Waals surface area contributed by atoms with Crippen LogP contribution in [0.1, 0.15) is 0 Å². The van der Waals surface area contributed by atoms with E-state index in [1.807, 2.05) is 0 Å².